The zero-order valence-corrected chi connectivity index (χ0v) is 11.5. The summed E-state index contributed by atoms with van der Waals surface area (Å²) in [5.41, 5.74) is 6.64. The quantitative estimate of drug-likeness (QED) is 0.847. The van der Waals surface area contributed by atoms with E-state index in [9.17, 15) is 4.79 Å². The molecule has 1 atom stereocenters. The fourth-order valence-electron chi connectivity index (χ4n) is 1.72. The first-order valence-electron chi connectivity index (χ1n) is 5.96. The van der Waals surface area contributed by atoms with Gasteiger partial charge >= 0.3 is 5.97 Å². The zero-order chi connectivity index (χ0) is 13.1. The molecule has 0 aromatic heterocycles. The van der Waals surface area contributed by atoms with Gasteiger partial charge in [0.2, 0.25) is 0 Å². The van der Waals surface area contributed by atoms with Gasteiger partial charge in [-0.15, -0.1) is 0 Å². The van der Waals surface area contributed by atoms with Gasteiger partial charge < -0.3 is 15.6 Å². The molecule has 1 aromatic rings. The monoisotopic (exact) mass is 313 g/mol. The van der Waals surface area contributed by atoms with Crippen LogP contribution >= 0.6 is 15.9 Å². The van der Waals surface area contributed by atoms with E-state index in [1.165, 1.54) is 12.8 Å². The standard InChI is InChI=1S/C13H16BrNO3/c14-13-9(10(15)6-12(16)17)2-1-3-11(13)18-7-8-4-5-8/h1-3,8,10H,4-7,15H2,(H,16,17). The van der Waals surface area contributed by atoms with Crippen LogP contribution in [0.25, 0.3) is 0 Å². The van der Waals surface area contributed by atoms with Crippen molar-refractivity contribution in [1.29, 1.82) is 0 Å². The summed E-state index contributed by atoms with van der Waals surface area (Å²) in [6.45, 7) is 0.718. The maximum Gasteiger partial charge on any atom is 0.305 e. The molecule has 1 aromatic carbocycles. The molecule has 0 spiro atoms. The topological polar surface area (TPSA) is 72.6 Å². The molecule has 98 valence electrons. The number of rotatable bonds is 6. The number of ether oxygens (including phenoxy) is 1. The van der Waals surface area contributed by atoms with Crippen LogP contribution in [0.5, 0.6) is 5.75 Å². The van der Waals surface area contributed by atoms with Crippen molar-refractivity contribution < 1.29 is 14.6 Å². The lowest BCUT2D eigenvalue weighted by molar-refractivity contribution is -0.137. The van der Waals surface area contributed by atoms with Gasteiger partial charge in [-0.1, -0.05) is 12.1 Å². The molecule has 1 unspecified atom stereocenters. The minimum atomic E-state index is -0.904. The van der Waals surface area contributed by atoms with Crippen molar-refractivity contribution in [2.45, 2.75) is 25.3 Å². The Kier molecular flexibility index (Phi) is 4.24. The highest BCUT2D eigenvalue weighted by Crippen LogP contribution is 2.35. The van der Waals surface area contributed by atoms with Gasteiger partial charge in [0.1, 0.15) is 5.75 Å². The van der Waals surface area contributed by atoms with Crippen molar-refractivity contribution in [2.75, 3.05) is 6.61 Å². The third-order valence-electron chi connectivity index (χ3n) is 2.96. The number of benzene rings is 1. The molecule has 4 nitrogen and oxygen atoms in total. The fourth-order valence-corrected chi connectivity index (χ4v) is 2.39. The third-order valence-corrected chi connectivity index (χ3v) is 3.81. The summed E-state index contributed by atoms with van der Waals surface area (Å²) in [6, 6.07) is 5.00. The van der Waals surface area contributed by atoms with Crippen LogP contribution in [0.1, 0.15) is 30.9 Å². The zero-order valence-electron chi connectivity index (χ0n) is 9.93. The van der Waals surface area contributed by atoms with Gasteiger partial charge in [0.05, 0.1) is 17.5 Å². The van der Waals surface area contributed by atoms with Crippen LogP contribution in [-0.2, 0) is 4.79 Å². The Morgan fingerprint density at radius 1 is 1.56 bits per heavy atom. The number of halogens is 1. The molecule has 1 saturated carbocycles. The molecule has 3 N–H and O–H groups in total. The Labute approximate surface area is 114 Å². The first-order valence-corrected chi connectivity index (χ1v) is 6.76. The predicted molar refractivity (Wildman–Crippen MR) is 71.5 cm³/mol. The SMILES string of the molecule is NC(CC(=O)O)c1cccc(OCC2CC2)c1Br. The lowest BCUT2D eigenvalue weighted by Crippen LogP contribution is -2.15. The van der Waals surface area contributed by atoms with Gasteiger partial charge in [0.25, 0.3) is 0 Å². The maximum atomic E-state index is 10.7. The Balaban J connectivity index is 2.09. The van der Waals surface area contributed by atoms with E-state index in [4.69, 9.17) is 15.6 Å². The molecular weight excluding hydrogens is 298 g/mol. The Hall–Kier alpha value is -1.07. The summed E-state index contributed by atoms with van der Waals surface area (Å²) in [6.07, 6.45) is 2.37. The second-order valence-corrected chi connectivity index (χ2v) is 5.41. The van der Waals surface area contributed by atoms with Gasteiger partial charge in [-0.25, -0.2) is 0 Å². The lowest BCUT2D eigenvalue weighted by atomic mass is 10.0. The summed E-state index contributed by atoms with van der Waals surface area (Å²) in [5, 5.41) is 8.76. The average molecular weight is 314 g/mol. The third kappa shape index (κ3) is 3.46. The van der Waals surface area contributed by atoms with Crippen molar-refractivity contribution in [2.24, 2.45) is 11.7 Å². The molecule has 0 bridgehead atoms. The van der Waals surface area contributed by atoms with Crippen LogP contribution in [0.4, 0.5) is 0 Å². The number of carbonyl (C=O) groups is 1. The molecule has 0 saturated heterocycles. The van der Waals surface area contributed by atoms with Crippen LogP contribution in [0.2, 0.25) is 0 Å². The highest BCUT2D eigenvalue weighted by atomic mass is 79.9. The van der Waals surface area contributed by atoms with Crippen LogP contribution in [-0.4, -0.2) is 17.7 Å². The van der Waals surface area contributed by atoms with Crippen LogP contribution in [0, 0.1) is 5.92 Å². The highest BCUT2D eigenvalue weighted by Gasteiger charge is 2.23. The second kappa shape index (κ2) is 5.71. The number of nitrogens with two attached hydrogens (primary N) is 1. The van der Waals surface area contributed by atoms with Gasteiger partial charge in [0, 0.05) is 6.04 Å². The van der Waals surface area contributed by atoms with Gasteiger partial charge in [-0.2, -0.15) is 0 Å². The molecule has 0 aliphatic heterocycles. The summed E-state index contributed by atoms with van der Waals surface area (Å²) < 4.78 is 6.47. The molecule has 0 heterocycles. The smallest absolute Gasteiger partial charge is 0.305 e. The predicted octanol–water partition coefficient (Wildman–Crippen LogP) is 2.71. The molecule has 0 amide bonds. The average Bonchev–Trinajstić information content (AvgIpc) is 3.10. The number of hydrogen-bond donors (Lipinski definition) is 2. The maximum absolute atomic E-state index is 10.7. The number of aliphatic carboxylic acids is 1. The van der Waals surface area contributed by atoms with Gasteiger partial charge in [-0.05, 0) is 46.3 Å². The van der Waals surface area contributed by atoms with Crippen LogP contribution < -0.4 is 10.5 Å². The van der Waals surface area contributed by atoms with Crippen molar-refractivity contribution >= 4 is 21.9 Å². The molecule has 18 heavy (non-hydrogen) atoms. The van der Waals surface area contributed by atoms with Gasteiger partial charge in [0.15, 0.2) is 0 Å². The molecule has 1 fully saturated rings. The van der Waals surface area contributed by atoms with E-state index in [0.29, 0.717) is 5.92 Å². The number of carboxylic acids is 1. The lowest BCUT2D eigenvalue weighted by Gasteiger charge is -2.15. The Morgan fingerprint density at radius 2 is 2.28 bits per heavy atom. The number of carboxylic acid groups (broad SMARTS) is 1. The van der Waals surface area contributed by atoms with Crippen molar-refractivity contribution in [3.63, 3.8) is 0 Å². The van der Waals surface area contributed by atoms with E-state index in [1.807, 2.05) is 18.2 Å². The van der Waals surface area contributed by atoms with Crippen molar-refractivity contribution in [3.05, 3.63) is 28.2 Å². The fraction of sp³-hybridized carbons (Fsp3) is 0.462. The Bertz CT molecular complexity index is 446. The summed E-state index contributed by atoms with van der Waals surface area (Å²) in [7, 11) is 0. The largest absolute Gasteiger partial charge is 0.492 e. The van der Waals surface area contributed by atoms with E-state index in [1.54, 1.807) is 0 Å². The van der Waals surface area contributed by atoms with E-state index >= 15 is 0 Å². The van der Waals surface area contributed by atoms with E-state index in [-0.39, 0.29) is 6.42 Å². The Morgan fingerprint density at radius 3 is 2.89 bits per heavy atom. The molecule has 1 aliphatic rings. The van der Waals surface area contributed by atoms with Gasteiger partial charge in [-0.3, -0.25) is 4.79 Å². The first-order chi connectivity index (χ1) is 8.58. The first kappa shape index (κ1) is 13.4. The molecular formula is C13H16BrNO3. The minimum Gasteiger partial charge on any atom is -0.492 e. The molecule has 1 aliphatic carbocycles. The van der Waals surface area contributed by atoms with Crippen molar-refractivity contribution in [3.8, 4) is 5.75 Å². The summed E-state index contributed by atoms with van der Waals surface area (Å²) >= 11 is 3.44. The van der Waals surface area contributed by atoms with Crippen molar-refractivity contribution in [1.82, 2.24) is 0 Å². The molecule has 2 rings (SSSR count). The van der Waals surface area contributed by atoms with E-state index in [2.05, 4.69) is 15.9 Å². The molecule has 5 heteroatoms. The highest BCUT2D eigenvalue weighted by molar-refractivity contribution is 9.10. The van der Waals surface area contributed by atoms with E-state index in [0.717, 1.165) is 22.4 Å². The minimum absolute atomic E-state index is 0.0926. The van der Waals surface area contributed by atoms with E-state index < -0.39 is 12.0 Å². The van der Waals surface area contributed by atoms with Crippen LogP contribution in [0.15, 0.2) is 22.7 Å². The summed E-state index contributed by atoms with van der Waals surface area (Å²) in [4.78, 5) is 10.7. The number of hydrogen-bond acceptors (Lipinski definition) is 3. The summed E-state index contributed by atoms with van der Waals surface area (Å²) in [5.74, 6) is 0.507. The molecule has 0 radical (unpaired) electrons. The van der Waals surface area contributed by atoms with Crippen LogP contribution in [0.3, 0.4) is 0 Å². The normalized spacial score (nSPS) is 16.3. The second-order valence-electron chi connectivity index (χ2n) is 4.62.